The summed E-state index contributed by atoms with van der Waals surface area (Å²) < 4.78 is 10.7. The van der Waals surface area contributed by atoms with Crippen LogP contribution in [0, 0.1) is 6.92 Å². The van der Waals surface area contributed by atoms with Crippen LogP contribution in [0.25, 0.3) is 0 Å². The Balaban J connectivity index is 1.62. The van der Waals surface area contributed by atoms with E-state index < -0.39 is 6.04 Å². The molecule has 0 aliphatic carbocycles. The molecule has 0 aromatic heterocycles. The highest BCUT2D eigenvalue weighted by Crippen LogP contribution is 2.33. The molecule has 2 N–H and O–H groups in total. The lowest BCUT2D eigenvalue weighted by Crippen LogP contribution is -2.32. The van der Waals surface area contributed by atoms with Crippen LogP contribution in [-0.4, -0.2) is 39.3 Å². The number of carbonyl (C=O) groups excluding carboxylic acids is 1. The van der Waals surface area contributed by atoms with Crippen LogP contribution in [0.15, 0.2) is 36.4 Å². The van der Waals surface area contributed by atoms with E-state index in [1.807, 2.05) is 38.1 Å². The van der Waals surface area contributed by atoms with Crippen molar-refractivity contribution in [3.8, 4) is 11.5 Å². The van der Waals surface area contributed by atoms with Gasteiger partial charge in [-0.2, -0.15) is 0 Å². The predicted octanol–water partition coefficient (Wildman–Crippen LogP) is 4.44. The highest BCUT2D eigenvalue weighted by molar-refractivity contribution is 5.96. The second-order valence-electron chi connectivity index (χ2n) is 7.47. The number of nitrogens with zero attached hydrogens (tertiary/aromatic N) is 1. The van der Waals surface area contributed by atoms with Crippen LogP contribution in [0.5, 0.6) is 11.5 Å². The number of carbonyl (C=O) groups is 1. The third-order valence-electron chi connectivity index (χ3n) is 5.35. The van der Waals surface area contributed by atoms with Crippen molar-refractivity contribution >= 4 is 23.0 Å². The first-order valence-corrected chi connectivity index (χ1v) is 10.2. The van der Waals surface area contributed by atoms with E-state index in [4.69, 9.17) is 9.47 Å². The Bertz CT molecular complexity index is 830. The van der Waals surface area contributed by atoms with Gasteiger partial charge in [-0.1, -0.05) is 0 Å². The van der Waals surface area contributed by atoms with Crippen molar-refractivity contribution in [3.05, 3.63) is 42.0 Å². The molecule has 0 unspecified atom stereocenters. The number of ether oxygens (including phenoxy) is 2. The summed E-state index contributed by atoms with van der Waals surface area (Å²) in [7, 11) is 3.21. The Morgan fingerprint density at radius 3 is 2.24 bits per heavy atom. The quantitative estimate of drug-likeness (QED) is 0.723. The molecule has 0 saturated carbocycles. The Hall–Kier alpha value is -2.89. The number of hydrogen-bond donors (Lipinski definition) is 2. The van der Waals surface area contributed by atoms with E-state index in [1.54, 1.807) is 14.2 Å². The molecule has 29 heavy (non-hydrogen) atoms. The zero-order valence-electron chi connectivity index (χ0n) is 17.7. The molecule has 1 aliphatic heterocycles. The molecule has 6 nitrogen and oxygen atoms in total. The fourth-order valence-electron chi connectivity index (χ4n) is 3.59. The van der Waals surface area contributed by atoms with Gasteiger partial charge in [0.2, 0.25) is 5.91 Å². The van der Waals surface area contributed by atoms with Gasteiger partial charge in [0.15, 0.2) is 11.5 Å². The van der Waals surface area contributed by atoms with Crippen LogP contribution in [0.2, 0.25) is 0 Å². The third kappa shape index (κ3) is 5.13. The molecule has 0 radical (unpaired) electrons. The number of amides is 1. The molecule has 1 atom stereocenters. The van der Waals surface area contributed by atoms with E-state index in [2.05, 4.69) is 27.7 Å². The number of benzene rings is 2. The van der Waals surface area contributed by atoms with Crippen molar-refractivity contribution in [3.63, 3.8) is 0 Å². The van der Waals surface area contributed by atoms with Crippen LogP contribution in [0.4, 0.5) is 17.1 Å². The minimum atomic E-state index is -0.409. The van der Waals surface area contributed by atoms with Gasteiger partial charge in [-0.15, -0.1) is 0 Å². The lowest BCUT2D eigenvalue weighted by Gasteiger charge is -2.28. The number of hydrogen-bond acceptors (Lipinski definition) is 5. The summed E-state index contributed by atoms with van der Waals surface area (Å²) in [5.41, 5.74) is 3.84. The van der Waals surface area contributed by atoms with Gasteiger partial charge >= 0.3 is 0 Å². The highest BCUT2D eigenvalue weighted by Gasteiger charge is 2.16. The van der Waals surface area contributed by atoms with E-state index in [0.717, 1.165) is 30.0 Å². The molecule has 0 bridgehead atoms. The largest absolute Gasteiger partial charge is 0.493 e. The average Bonchev–Trinajstić information content (AvgIpc) is 2.75. The Kier molecular flexibility index (Phi) is 6.86. The van der Waals surface area contributed by atoms with E-state index >= 15 is 0 Å². The third-order valence-corrected chi connectivity index (χ3v) is 5.35. The molecule has 6 heteroatoms. The molecule has 2 aromatic carbocycles. The SMILES string of the molecule is COc1cc(C)c(N[C@H](C)C(=O)Nc2ccc(N3CCCCC3)cc2)cc1OC. The summed E-state index contributed by atoms with van der Waals surface area (Å²) in [6.07, 6.45) is 3.81. The van der Waals surface area contributed by atoms with E-state index in [0.29, 0.717) is 11.5 Å². The number of methoxy groups -OCH3 is 2. The number of nitrogens with one attached hydrogen (secondary N) is 2. The van der Waals surface area contributed by atoms with Crippen LogP contribution < -0.4 is 25.0 Å². The summed E-state index contributed by atoms with van der Waals surface area (Å²) in [5, 5.41) is 6.25. The van der Waals surface area contributed by atoms with Gasteiger partial charge in [-0.05, 0) is 69.0 Å². The van der Waals surface area contributed by atoms with Crippen LogP contribution in [0.1, 0.15) is 31.7 Å². The standard InChI is InChI=1S/C23H31N3O3/c1-16-14-21(28-3)22(29-4)15-20(16)24-17(2)23(27)25-18-8-10-19(11-9-18)26-12-6-5-7-13-26/h8-11,14-15,17,24H,5-7,12-13H2,1-4H3,(H,25,27)/t17-/m1/s1. The topological polar surface area (TPSA) is 62.8 Å². The first-order chi connectivity index (χ1) is 14.0. The summed E-state index contributed by atoms with van der Waals surface area (Å²) in [4.78, 5) is 15.1. The molecule has 1 aliphatic rings. The minimum Gasteiger partial charge on any atom is -0.493 e. The number of rotatable bonds is 7. The molecule has 2 aromatic rings. The molecule has 1 amide bonds. The molecular weight excluding hydrogens is 366 g/mol. The fraction of sp³-hybridized carbons (Fsp3) is 0.435. The fourth-order valence-corrected chi connectivity index (χ4v) is 3.59. The van der Waals surface area contributed by atoms with Gasteiger partial charge in [0, 0.05) is 36.2 Å². The lowest BCUT2D eigenvalue weighted by atomic mass is 10.1. The van der Waals surface area contributed by atoms with E-state index in [1.165, 1.54) is 24.9 Å². The first kappa shape index (κ1) is 20.8. The van der Waals surface area contributed by atoms with Crippen molar-refractivity contribution in [2.45, 2.75) is 39.2 Å². The second kappa shape index (κ2) is 9.54. The smallest absolute Gasteiger partial charge is 0.246 e. The highest BCUT2D eigenvalue weighted by atomic mass is 16.5. The molecule has 1 saturated heterocycles. The molecule has 1 fully saturated rings. The number of aryl methyl sites for hydroxylation is 1. The molecule has 1 heterocycles. The summed E-state index contributed by atoms with van der Waals surface area (Å²) in [6.45, 7) is 6.02. The molecule has 3 rings (SSSR count). The van der Waals surface area contributed by atoms with Gasteiger partial charge in [0.05, 0.1) is 14.2 Å². The average molecular weight is 398 g/mol. The number of anilines is 3. The van der Waals surface area contributed by atoms with Crippen molar-refractivity contribution < 1.29 is 14.3 Å². The normalized spacial score (nSPS) is 14.8. The Labute approximate surface area is 173 Å². The van der Waals surface area contributed by atoms with Gasteiger partial charge < -0.3 is 25.0 Å². The zero-order chi connectivity index (χ0) is 20.8. The minimum absolute atomic E-state index is 0.0927. The Morgan fingerprint density at radius 1 is 1.00 bits per heavy atom. The van der Waals surface area contributed by atoms with Crippen molar-refractivity contribution in [1.82, 2.24) is 0 Å². The van der Waals surface area contributed by atoms with Gasteiger partial charge in [0.1, 0.15) is 6.04 Å². The van der Waals surface area contributed by atoms with Gasteiger partial charge in [0.25, 0.3) is 0 Å². The monoisotopic (exact) mass is 397 g/mol. The Morgan fingerprint density at radius 2 is 1.62 bits per heavy atom. The first-order valence-electron chi connectivity index (χ1n) is 10.2. The van der Waals surface area contributed by atoms with Crippen LogP contribution in [-0.2, 0) is 4.79 Å². The molecule has 156 valence electrons. The van der Waals surface area contributed by atoms with Crippen molar-refractivity contribution in [2.75, 3.05) is 42.8 Å². The maximum absolute atomic E-state index is 12.7. The zero-order valence-corrected chi connectivity index (χ0v) is 17.7. The lowest BCUT2D eigenvalue weighted by molar-refractivity contribution is -0.116. The summed E-state index contributed by atoms with van der Waals surface area (Å²) in [6, 6.07) is 11.4. The molecular formula is C23H31N3O3. The number of piperidine rings is 1. The molecule has 0 spiro atoms. The van der Waals surface area contributed by atoms with E-state index in [-0.39, 0.29) is 5.91 Å². The maximum atomic E-state index is 12.7. The second-order valence-corrected chi connectivity index (χ2v) is 7.47. The van der Waals surface area contributed by atoms with Crippen LogP contribution >= 0.6 is 0 Å². The van der Waals surface area contributed by atoms with Gasteiger partial charge in [-0.25, -0.2) is 0 Å². The van der Waals surface area contributed by atoms with E-state index in [9.17, 15) is 4.79 Å². The maximum Gasteiger partial charge on any atom is 0.246 e. The summed E-state index contributed by atoms with van der Waals surface area (Å²) in [5.74, 6) is 1.20. The van der Waals surface area contributed by atoms with Crippen LogP contribution in [0.3, 0.4) is 0 Å². The van der Waals surface area contributed by atoms with Gasteiger partial charge in [-0.3, -0.25) is 4.79 Å². The van der Waals surface area contributed by atoms with Crippen molar-refractivity contribution in [1.29, 1.82) is 0 Å². The predicted molar refractivity (Wildman–Crippen MR) is 119 cm³/mol. The van der Waals surface area contributed by atoms with Crippen molar-refractivity contribution in [2.24, 2.45) is 0 Å². The summed E-state index contributed by atoms with van der Waals surface area (Å²) >= 11 is 0.